The van der Waals surface area contributed by atoms with Crippen molar-refractivity contribution in [3.8, 4) is 0 Å². The van der Waals surface area contributed by atoms with Crippen LogP contribution < -0.4 is 11.2 Å². The monoisotopic (exact) mass is 253 g/mol. The summed E-state index contributed by atoms with van der Waals surface area (Å²) in [5, 5.41) is 3.84. The van der Waals surface area contributed by atoms with Gasteiger partial charge in [-0.3, -0.25) is 5.43 Å². The average molecular weight is 254 g/mol. The highest BCUT2D eigenvalue weighted by Gasteiger charge is 2.02. The minimum atomic E-state index is 0.105. The Morgan fingerprint density at radius 1 is 1.69 bits per heavy atom. The van der Waals surface area contributed by atoms with E-state index in [2.05, 4.69) is 22.7 Å². The molecule has 0 unspecified atom stereocenters. The zero-order valence-electron chi connectivity index (χ0n) is 6.25. The predicted octanol–water partition coefficient (Wildman–Crippen LogP) is 2.22. The second-order valence-corrected chi connectivity index (χ2v) is 4.74. The molecule has 0 radical (unpaired) electrons. The Hall–Kier alpha value is -0.360. The second-order valence-electron chi connectivity index (χ2n) is 2.01. The topological polar surface area (TPSA) is 50.4 Å². The summed E-state index contributed by atoms with van der Waals surface area (Å²) in [4.78, 5) is 0. The van der Waals surface area contributed by atoms with Crippen LogP contribution in [0.15, 0.2) is 11.2 Å². The molecule has 0 fully saturated rings. The molecule has 0 spiro atoms. The maximum Gasteiger partial charge on any atom is 0.184 e. The van der Waals surface area contributed by atoms with Crippen molar-refractivity contribution in [3.63, 3.8) is 0 Å². The summed E-state index contributed by atoms with van der Waals surface area (Å²) >= 11 is 17.3. The van der Waals surface area contributed by atoms with Crippen molar-refractivity contribution in [1.82, 2.24) is 5.43 Å². The van der Waals surface area contributed by atoms with Gasteiger partial charge in [0.25, 0.3) is 0 Å². The molecule has 1 heterocycles. The first-order chi connectivity index (χ1) is 6.09. The van der Waals surface area contributed by atoms with E-state index in [-0.39, 0.29) is 5.11 Å². The van der Waals surface area contributed by atoms with Crippen molar-refractivity contribution in [2.45, 2.75) is 0 Å². The molecule has 0 atom stereocenters. The number of thiophene rings is 1. The SMILES string of the molecule is NC(=S)N/N=C/c1cc(Cl)sc1Cl. The largest absolute Gasteiger partial charge is 0.375 e. The van der Waals surface area contributed by atoms with Crippen molar-refractivity contribution in [2.24, 2.45) is 10.8 Å². The Labute approximate surface area is 94.5 Å². The lowest BCUT2D eigenvalue weighted by molar-refractivity contribution is 1.04. The third kappa shape index (κ3) is 3.48. The Kier molecular flexibility index (Phi) is 3.92. The van der Waals surface area contributed by atoms with Crippen LogP contribution in [0.2, 0.25) is 8.67 Å². The molecule has 0 bridgehead atoms. The highest BCUT2D eigenvalue weighted by Crippen LogP contribution is 2.29. The molecule has 1 aromatic heterocycles. The van der Waals surface area contributed by atoms with E-state index < -0.39 is 0 Å². The fourth-order valence-electron chi connectivity index (χ4n) is 0.606. The van der Waals surface area contributed by atoms with Crippen LogP contribution in [0.1, 0.15) is 5.56 Å². The molecule has 1 rings (SSSR count). The smallest absolute Gasteiger partial charge is 0.184 e. The molecule has 1 aromatic rings. The molecule has 3 nitrogen and oxygen atoms in total. The lowest BCUT2D eigenvalue weighted by atomic mass is 10.4. The van der Waals surface area contributed by atoms with Crippen LogP contribution in [0.5, 0.6) is 0 Å². The van der Waals surface area contributed by atoms with Crippen LogP contribution in [0.25, 0.3) is 0 Å². The van der Waals surface area contributed by atoms with Gasteiger partial charge in [-0.05, 0) is 18.3 Å². The normalized spacial score (nSPS) is 10.6. The van der Waals surface area contributed by atoms with Gasteiger partial charge in [-0.15, -0.1) is 11.3 Å². The summed E-state index contributed by atoms with van der Waals surface area (Å²) in [5.74, 6) is 0. The summed E-state index contributed by atoms with van der Waals surface area (Å²) in [6, 6.07) is 1.71. The van der Waals surface area contributed by atoms with Crippen LogP contribution in [0.3, 0.4) is 0 Å². The van der Waals surface area contributed by atoms with Gasteiger partial charge in [-0.25, -0.2) is 0 Å². The van der Waals surface area contributed by atoms with Gasteiger partial charge in [0.05, 0.1) is 10.6 Å². The van der Waals surface area contributed by atoms with Gasteiger partial charge in [-0.2, -0.15) is 5.10 Å². The maximum absolute atomic E-state index is 5.81. The van der Waals surface area contributed by atoms with E-state index in [1.165, 1.54) is 17.6 Å². The Morgan fingerprint density at radius 2 is 2.38 bits per heavy atom. The standard InChI is InChI=1S/C6H5Cl2N3S2/c7-4-1-3(5(8)13-4)2-10-11-6(9)12/h1-2H,(H3,9,11,12)/b10-2+. The van der Waals surface area contributed by atoms with Gasteiger partial charge in [0.2, 0.25) is 0 Å². The molecule has 70 valence electrons. The maximum atomic E-state index is 5.81. The van der Waals surface area contributed by atoms with E-state index in [1.54, 1.807) is 6.07 Å². The van der Waals surface area contributed by atoms with E-state index >= 15 is 0 Å². The highest BCUT2D eigenvalue weighted by atomic mass is 35.5. The molecule has 0 aromatic carbocycles. The molecule has 0 aliphatic heterocycles. The average Bonchev–Trinajstić information content (AvgIpc) is 2.29. The summed E-state index contributed by atoms with van der Waals surface area (Å²) < 4.78 is 1.19. The lowest BCUT2D eigenvalue weighted by Crippen LogP contribution is -2.23. The van der Waals surface area contributed by atoms with Crippen molar-refractivity contribution in [3.05, 3.63) is 20.3 Å². The van der Waals surface area contributed by atoms with Crippen molar-refractivity contribution in [2.75, 3.05) is 0 Å². The Morgan fingerprint density at radius 3 is 2.85 bits per heavy atom. The summed E-state index contributed by atoms with van der Waals surface area (Å²) in [6.07, 6.45) is 1.50. The number of rotatable bonds is 2. The lowest BCUT2D eigenvalue weighted by Gasteiger charge is -1.92. The summed E-state index contributed by atoms with van der Waals surface area (Å²) in [7, 11) is 0. The molecule has 0 aliphatic carbocycles. The van der Waals surface area contributed by atoms with Gasteiger partial charge in [-0.1, -0.05) is 23.2 Å². The van der Waals surface area contributed by atoms with Gasteiger partial charge in [0, 0.05) is 5.56 Å². The third-order valence-corrected chi connectivity index (χ3v) is 2.67. The highest BCUT2D eigenvalue weighted by molar-refractivity contribution is 7.80. The van der Waals surface area contributed by atoms with Crippen molar-refractivity contribution in [1.29, 1.82) is 0 Å². The van der Waals surface area contributed by atoms with E-state index in [0.717, 1.165) is 5.56 Å². The fourth-order valence-corrected chi connectivity index (χ4v) is 2.07. The second kappa shape index (κ2) is 4.76. The fraction of sp³-hybridized carbons (Fsp3) is 0. The zero-order chi connectivity index (χ0) is 9.84. The van der Waals surface area contributed by atoms with E-state index in [0.29, 0.717) is 8.67 Å². The molecule has 0 amide bonds. The molecular weight excluding hydrogens is 249 g/mol. The van der Waals surface area contributed by atoms with Crippen LogP contribution in [-0.4, -0.2) is 11.3 Å². The van der Waals surface area contributed by atoms with E-state index in [9.17, 15) is 0 Å². The summed E-state index contributed by atoms with van der Waals surface area (Å²) in [5.41, 5.74) is 8.30. The number of nitrogens with zero attached hydrogens (tertiary/aromatic N) is 1. The molecule has 3 N–H and O–H groups in total. The number of halogens is 2. The van der Waals surface area contributed by atoms with Crippen molar-refractivity contribution >= 4 is 58.1 Å². The van der Waals surface area contributed by atoms with Gasteiger partial charge >= 0.3 is 0 Å². The van der Waals surface area contributed by atoms with E-state index in [4.69, 9.17) is 28.9 Å². The van der Waals surface area contributed by atoms with Crippen molar-refractivity contribution < 1.29 is 0 Å². The number of thiocarbonyl (C=S) groups is 1. The Bertz CT molecular complexity index is 348. The van der Waals surface area contributed by atoms with Crippen LogP contribution in [0.4, 0.5) is 0 Å². The minimum absolute atomic E-state index is 0.105. The third-order valence-electron chi connectivity index (χ3n) is 1.06. The molecule has 0 saturated heterocycles. The number of nitrogens with two attached hydrogens (primary N) is 1. The minimum Gasteiger partial charge on any atom is -0.375 e. The van der Waals surface area contributed by atoms with Crippen LogP contribution in [-0.2, 0) is 0 Å². The predicted molar refractivity (Wildman–Crippen MR) is 61.9 cm³/mol. The number of hydrazone groups is 1. The van der Waals surface area contributed by atoms with Gasteiger partial charge in [0.1, 0.15) is 4.34 Å². The number of hydrogen-bond donors (Lipinski definition) is 2. The molecular formula is C6H5Cl2N3S2. The molecule has 0 saturated carbocycles. The number of nitrogens with one attached hydrogen (secondary N) is 1. The first kappa shape index (κ1) is 10.7. The first-order valence-electron chi connectivity index (χ1n) is 3.13. The Balaban J connectivity index is 2.68. The number of hydrogen-bond acceptors (Lipinski definition) is 3. The van der Waals surface area contributed by atoms with Gasteiger partial charge < -0.3 is 5.73 Å². The van der Waals surface area contributed by atoms with E-state index in [1.807, 2.05) is 0 Å². The van der Waals surface area contributed by atoms with Crippen LogP contribution in [0, 0.1) is 0 Å². The molecule has 0 aliphatic rings. The van der Waals surface area contributed by atoms with Gasteiger partial charge in [0.15, 0.2) is 5.11 Å². The molecule has 7 heteroatoms. The summed E-state index contributed by atoms with van der Waals surface area (Å²) in [6.45, 7) is 0. The first-order valence-corrected chi connectivity index (χ1v) is 5.11. The quantitative estimate of drug-likeness (QED) is 0.483. The zero-order valence-corrected chi connectivity index (χ0v) is 9.40. The molecule has 13 heavy (non-hydrogen) atoms. The van der Waals surface area contributed by atoms with Crippen LogP contribution >= 0.6 is 46.8 Å².